The highest BCUT2D eigenvalue weighted by molar-refractivity contribution is 5.98. The van der Waals surface area contributed by atoms with Crippen molar-refractivity contribution in [2.24, 2.45) is 5.92 Å². The number of methoxy groups -OCH3 is 2. The zero-order chi connectivity index (χ0) is 26.5. The van der Waals surface area contributed by atoms with E-state index in [0.717, 1.165) is 25.9 Å². The summed E-state index contributed by atoms with van der Waals surface area (Å²) in [6, 6.07) is 4.92. The van der Waals surface area contributed by atoms with Crippen molar-refractivity contribution in [1.29, 1.82) is 0 Å². The number of piperidine rings is 1. The highest BCUT2D eigenvalue weighted by Crippen LogP contribution is 2.35. The fraction of sp³-hybridized carbons (Fsp3) is 0.462. The van der Waals surface area contributed by atoms with Crippen molar-refractivity contribution in [2.45, 2.75) is 32.7 Å². The summed E-state index contributed by atoms with van der Waals surface area (Å²) in [5, 5.41) is 12.8. The summed E-state index contributed by atoms with van der Waals surface area (Å²) in [5.41, 5.74) is 0.784. The van der Waals surface area contributed by atoms with Gasteiger partial charge in [0.1, 0.15) is 34.9 Å². The van der Waals surface area contributed by atoms with E-state index >= 15 is 0 Å². The normalized spacial score (nSPS) is 14.1. The van der Waals surface area contributed by atoms with E-state index in [1.807, 2.05) is 13.8 Å². The third-order valence-corrected chi connectivity index (χ3v) is 6.29. The molecular weight excluding hydrogens is 478 g/mol. The molecule has 2 aromatic heterocycles. The third kappa shape index (κ3) is 5.52. The lowest BCUT2D eigenvalue weighted by molar-refractivity contribution is -0.122. The first-order valence-corrected chi connectivity index (χ1v) is 12.3. The Hall–Kier alpha value is -3.70. The van der Waals surface area contributed by atoms with Gasteiger partial charge in [0.15, 0.2) is 5.82 Å². The number of carbonyl (C=O) groups is 1. The Morgan fingerprint density at radius 3 is 2.57 bits per heavy atom. The molecule has 1 aromatic carbocycles. The molecule has 11 heteroatoms. The summed E-state index contributed by atoms with van der Waals surface area (Å²) < 4.78 is 16.4. The van der Waals surface area contributed by atoms with E-state index in [4.69, 9.17) is 19.2 Å². The van der Waals surface area contributed by atoms with Crippen molar-refractivity contribution in [3.8, 4) is 28.8 Å². The van der Waals surface area contributed by atoms with Gasteiger partial charge in [0.05, 0.1) is 38.2 Å². The topological polar surface area (TPSA) is 139 Å². The molecule has 37 heavy (non-hydrogen) atoms. The van der Waals surface area contributed by atoms with Gasteiger partial charge in [-0.15, -0.1) is 0 Å². The molecule has 4 rings (SSSR count). The summed E-state index contributed by atoms with van der Waals surface area (Å²) in [5.74, 6) is 1.08. The molecule has 0 unspecified atom stereocenters. The molecule has 0 saturated carbocycles. The number of hydrogen-bond donors (Lipinski definition) is 3. The molecule has 0 radical (unpaired) electrons. The summed E-state index contributed by atoms with van der Waals surface area (Å²) in [6.07, 6.45) is 3.01. The minimum absolute atomic E-state index is 0.0688. The average Bonchev–Trinajstić information content (AvgIpc) is 2.91. The molecule has 1 aliphatic heterocycles. The number of amides is 1. The first-order chi connectivity index (χ1) is 17.9. The van der Waals surface area contributed by atoms with Crippen LogP contribution in [-0.4, -0.2) is 72.5 Å². The number of carbonyl (C=O) groups excluding carboxylic acids is 1. The molecular formula is C26H33N5O6. The number of ether oxygens (including phenoxy) is 3. The number of rotatable bonds is 9. The summed E-state index contributed by atoms with van der Waals surface area (Å²) >= 11 is 0. The van der Waals surface area contributed by atoms with Gasteiger partial charge in [-0.05, 0) is 25.9 Å². The molecule has 0 atom stereocenters. The first-order valence-electron chi connectivity index (χ1n) is 12.3. The standard InChI is InChI=1S/C26H33N5O6/c1-15(2)26(34)31(16-5-7-27-8-6-16)20-12-18(37-10-9-32)14-28-23(20)24-29-19-11-17(35-3)13-21(36-4)22(19)25(33)30-24/h11-16,27,32H,5-10H2,1-4H3,(H,29,30,33). The lowest BCUT2D eigenvalue weighted by Gasteiger charge is -2.36. The first kappa shape index (κ1) is 26.4. The summed E-state index contributed by atoms with van der Waals surface area (Å²) in [7, 11) is 2.99. The van der Waals surface area contributed by atoms with Gasteiger partial charge in [0, 0.05) is 30.2 Å². The molecule has 1 aliphatic rings. The predicted octanol–water partition coefficient (Wildman–Crippen LogP) is 2.11. The number of anilines is 1. The van der Waals surface area contributed by atoms with Crippen LogP contribution in [0.1, 0.15) is 26.7 Å². The molecule has 3 N–H and O–H groups in total. The minimum atomic E-state index is -0.406. The summed E-state index contributed by atoms with van der Waals surface area (Å²) in [4.78, 5) is 40.6. The molecule has 198 valence electrons. The smallest absolute Gasteiger partial charge is 0.262 e. The average molecular weight is 512 g/mol. The van der Waals surface area contributed by atoms with Crippen LogP contribution in [0.25, 0.3) is 22.4 Å². The van der Waals surface area contributed by atoms with Crippen LogP contribution in [-0.2, 0) is 4.79 Å². The van der Waals surface area contributed by atoms with E-state index in [1.165, 1.54) is 20.4 Å². The fourth-order valence-corrected chi connectivity index (χ4v) is 4.48. The molecule has 3 heterocycles. The maximum Gasteiger partial charge on any atom is 0.262 e. The lowest BCUT2D eigenvalue weighted by atomic mass is 10.0. The Labute approximate surface area is 214 Å². The number of benzene rings is 1. The number of nitrogens with zero attached hydrogens (tertiary/aromatic N) is 3. The van der Waals surface area contributed by atoms with Crippen molar-refractivity contribution in [3.05, 3.63) is 34.7 Å². The van der Waals surface area contributed by atoms with Crippen LogP contribution in [0.2, 0.25) is 0 Å². The Balaban J connectivity index is 1.94. The number of aromatic amines is 1. The van der Waals surface area contributed by atoms with E-state index in [0.29, 0.717) is 34.1 Å². The number of aliphatic hydroxyl groups excluding tert-OH is 1. The Bertz CT molecular complexity index is 1320. The molecule has 1 saturated heterocycles. The van der Waals surface area contributed by atoms with Gasteiger partial charge in [-0.1, -0.05) is 13.8 Å². The van der Waals surface area contributed by atoms with Crippen LogP contribution in [0.5, 0.6) is 17.2 Å². The molecule has 11 nitrogen and oxygen atoms in total. The van der Waals surface area contributed by atoms with E-state index in [2.05, 4.69) is 15.3 Å². The van der Waals surface area contributed by atoms with Crippen molar-refractivity contribution in [2.75, 3.05) is 45.4 Å². The van der Waals surface area contributed by atoms with Crippen LogP contribution >= 0.6 is 0 Å². The van der Waals surface area contributed by atoms with Crippen LogP contribution in [0.4, 0.5) is 5.69 Å². The van der Waals surface area contributed by atoms with Gasteiger partial charge < -0.3 is 34.5 Å². The number of aromatic nitrogens is 3. The van der Waals surface area contributed by atoms with Gasteiger partial charge in [-0.2, -0.15) is 0 Å². The highest BCUT2D eigenvalue weighted by Gasteiger charge is 2.32. The van der Waals surface area contributed by atoms with Crippen LogP contribution < -0.4 is 30.0 Å². The predicted molar refractivity (Wildman–Crippen MR) is 139 cm³/mol. The second kappa shape index (κ2) is 11.6. The second-order valence-electron chi connectivity index (χ2n) is 9.09. The van der Waals surface area contributed by atoms with Gasteiger partial charge in [0.25, 0.3) is 5.56 Å². The molecule has 3 aromatic rings. The van der Waals surface area contributed by atoms with E-state index in [9.17, 15) is 14.7 Å². The Morgan fingerprint density at radius 2 is 1.92 bits per heavy atom. The fourth-order valence-electron chi connectivity index (χ4n) is 4.48. The molecule has 1 amide bonds. The number of pyridine rings is 1. The van der Waals surface area contributed by atoms with Gasteiger partial charge in [0.2, 0.25) is 5.91 Å². The number of fused-ring (bicyclic) bond motifs is 1. The van der Waals surface area contributed by atoms with E-state index < -0.39 is 5.56 Å². The molecule has 0 spiro atoms. The molecule has 1 fully saturated rings. The van der Waals surface area contributed by atoms with Crippen LogP contribution in [0, 0.1) is 5.92 Å². The van der Waals surface area contributed by atoms with Crippen molar-refractivity contribution < 1.29 is 24.1 Å². The molecule has 0 aliphatic carbocycles. The maximum absolute atomic E-state index is 13.6. The van der Waals surface area contributed by atoms with Gasteiger partial charge in [-0.3, -0.25) is 9.59 Å². The van der Waals surface area contributed by atoms with E-state index in [-0.39, 0.29) is 42.3 Å². The monoisotopic (exact) mass is 511 g/mol. The number of aliphatic hydroxyl groups is 1. The quantitative estimate of drug-likeness (QED) is 0.394. The van der Waals surface area contributed by atoms with Crippen molar-refractivity contribution in [1.82, 2.24) is 20.3 Å². The Kier molecular flexibility index (Phi) is 8.24. The zero-order valence-corrected chi connectivity index (χ0v) is 21.5. The number of nitrogens with one attached hydrogen (secondary N) is 2. The lowest BCUT2D eigenvalue weighted by Crippen LogP contribution is -2.48. The SMILES string of the molecule is COc1cc(OC)c2c(=O)[nH]c(-c3ncc(OCCO)cc3N(C(=O)C(C)C)C3CCNCC3)nc2c1. The largest absolute Gasteiger partial charge is 0.497 e. The summed E-state index contributed by atoms with van der Waals surface area (Å²) in [6.45, 7) is 5.18. The third-order valence-electron chi connectivity index (χ3n) is 6.29. The van der Waals surface area contributed by atoms with Crippen molar-refractivity contribution >= 4 is 22.5 Å². The number of hydrogen-bond acceptors (Lipinski definition) is 9. The van der Waals surface area contributed by atoms with Gasteiger partial charge >= 0.3 is 0 Å². The maximum atomic E-state index is 13.6. The molecule has 0 bridgehead atoms. The Morgan fingerprint density at radius 1 is 1.16 bits per heavy atom. The van der Waals surface area contributed by atoms with Crippen LogP contribution in [0.15, 0.2) is 29.2 Å². The second-order valence-corrected chi connectivity index (χ2v) is 9.09. The van der Waals surface area contributed by atoms with Gasteiger partial charge in [-0.25, -0.2) is 9.97 Å². The van der Waals surface area contributed by atoms with Crippen molar-refractivity contribution in [3.63, 3.8) is 0 Å². The highest BCUT2D eigenvalue weighted by atomic mass is 16.5. The van der Waals surface area contributed by atoms with Crippen LogP contribution in [0.3, 0.4) is 0 Å². The zero-order valence-electron chi connectivity index (χ0n) is 21.5. The van der Waals surface area contributed by atoms with E-state index in [1.54, 1.807) is 23.1 Å². The minimum Gasteiger partial charge on any atom is -0.497 e. The number of H-pyrrole nitrogens is 1.